The molecule has 0 unspecified atom stereocenters. The van der Waals surface area contributed by atoms with Crippen molar-refractivity contribution in [1.29, 1.82) is 0 Å². The molecule has 0 N–H and O–H groups in total. The zero-order chi connectivity index (χ0) is 18.5. The summed E-state index contributed by atoms with van der Waals surface area (Å²) in [6.07, 6.45) is 6.88. The molecule has 1 aromatic heterocycles. The van der Waals surface area contributed by atoms with E-state index in [2.05, 4.69) is 40.2 Å². The van der Waals surface area contributed by atoms with Gasteiger partial charge in [-0.05, 0) is 42.0 Å². The van der Waals surface area contributed by atoms with Crippen LogP contribution in [-0.2, 0) is 4.79 Å². The Morgan fingerprint density at radius 2 is 1.54 bits per heavy atom. The van der Waals surface area contributed by atoms with Crippen LogP contribution in [0.5, 0.6) is 0 Å². The number of benzene rings is 2. The Balaban J connectivity index is 0.00000225. The number of piperidine rings is 1. The molecule has 3 aromatic rings. The normalized spacial score (nSPS) is 16.5. The minimum Gasteiger partial charge on any atom is -0.335 e. The average molecular weight is 393 g/mol. The van der Waals surface area contributed by atoms with Crippen molar-refractivity contribution in [2.75, 3.05) is 6.54 Å². The van der Waals surface area contributed by atoms with E-state index in [4.69, 9.17) is 0 Å². The minimum absolute atomic E-state index is 0. The van der Waals surface area contributed by atoms with Gasteiger partial charge in [0.15, 0.2) is 0 Å². The van der Waals surface area contributed by atoms with Crippen LogP contribution in [0, 0.1) is 0 Å². The first kappa shape index (κ1) is 20.1. The molecule has 1 aliphatic rings. The SMILES string of the molecule is Cl.O=C(C(c1ccccc1)c1ccccc1)N1CCCC[C@H]1c1cccnc1. The van der Waals surface area contributed by atoms with Crippen LogP contribution >= 0.6 is 12.4 Å². The van der Waals surface area contributed by atoms with Gasteiger partial charge in [0.1, 0.15) is 0 Å². The fraction of sp³-hybridized carbons (Fsp3) is 0.250. The maximum absolute atomic E-state index is 13.8. The highest BCUT2D eigenvalue weighted by molar-refractivity contribution is 5.87. The molecule has 1 saturated heterocycles. The maximum Gasteiger partial charge on any atom is 0.235 e. The second kappa shape index (κ2) is 9.52. The van der Waals surface area contributed by atoms with E-state index >= 15 is 0 Å². The third-order valence-electron chi connectivity index (χ3n) is 5.37. The van der Waals surface area contributed by atoms with E-state index in [1.54, 1.807) is 6.20 Å². The standard InChI is InChI=1S/C24H24N2O.ClH/c27-24(26-17-8-7-15-22(26)21-14-9-16-25-18-21)23(19-10-3-1-4-11-19)20-12-5-2-6-13-20;/h1-6,9-14,16,18,22-23H,7-8,15,17H2;1H/t22-;/m0./s1. The molecule has 1 aliphatic heterocycles. The van der Waals surface area contributed by atoms with Gasteiger partial charge in [-0.3, -0.25) is 9.78 Å². The average Bonchev–Trinajstić information content (AvgIpc) is 2.76. The fourth-order valence-electron chi connectivity index (χ4n) is 4.05. The quantitative estimate of drug-likeness (QED) is 0.596. The predicted octanol–water partition coefficient (Wildman–Crippen LogP) is 5.39. The second-order valence-corrected chi connectivity index (χ2v) is 7.08. The van der Waals surface area contributed by atoms with Crippen molar-refractivity contribution in [2.24, 2.45) is 0 Å². The first-order chi connectivity index (χ1) is 13.3. The number of carbonyl (C=O) groups excluding carboxylic acids is 1. The van der Waals surface area contributed by atoms with Gasteiger partial charge in [0, 0.05) is 18.9 Å². The summed E-state index contributed by atoms with van der Waals surface area (Å²) in [5.74, 6) is -0.0920. The second-order valence-electron chi connectivity index (χ2n) is 7.08. The molecule has 144 valence electrons. The van der Waals surface area contributed by atoms with Crippen molar-refractivity contribution >= 4 is 18.3 Å². The molecule has 1 fully saturated rings. The highest BCUT2D eigenvalue weighted by atomic mass is 35.5. The molecule has 28 heavy (non-hydrogen) atoms. The summed E-state index contributed by atoms with van der Waals surface area (Å²) >= 11 is 0. The highest BCUT2D eigenvalue weighted by Crippen LogP contribution is 2.35. The summed E-state index contributed by atoms with van der Waals surface area (Å²) in [5, 5.41) is 0. The molecule has 1 amide bonds. The number of nitrogens with zero attached hydrogens (tertiary/aromatic N) is 2. The maximum atomic E-state index is 13.8. The molecule has 0 bridgehead atoms. The lowest BCUT2D eigenvalue weighted by molar-refractivity contribution is -0.135. The van der Waals surface area contributed by atoms with Crippen LogP contribution in [0.4, 0.5) is 0 Å². The topological polar surface area (TPSA) is 33.2 Å². The van der Waals surface area contributed by atoms with Crippen LogP contribution < -0.4 is 0 Å². The van der Waals surface area contributed by atoms with Crippen molar-refractivity contribution in [3.8, 4) is 0 Å². The number of likely N-dealkylation sites (tertiary alicyclic amines) is 1. The van der Waals surface area contributed by atoms with E-state index in [1.165, 1.54) is 0 Å². The third kappa shape index (κ3) is 4.26. The van der Waals surface area contributed by atoms with Gasteiger partial charge in [0.2, 0.25) is 5.91 Å². The van der Waals surface area contributed by atoms with Gasteiger partial charge in [-0.15, -0.1) is 12.4 Å². The predicted molar refractivity (Wildman–Crippen MR) is 115 cm³/mol. The van der Waals surface area contributed by atoms with Gasteiger partial charge in [-0.1, -0.05) is 66.7 Å². The van der Waals surface area contributed by atoms with Gasteiger partial charge < -0.3 is 4.90 Å². The Labute approximate surface area is 172 Å². The van der Waals surface area contributed by atoms with Gasteiger partial charge in [0.05, 0.1) is 12.0 Å². The fourth-order valence-corrected chi connectivity index (χ4v) is 4.05. The first-order valence-corrected chi connectivity index (χ1v) is 9.65. The summed E-state index contributed by atoms with van der Waals surface area (Å²) in [4.78, 5) is 20.1. The van der Waals surface area contributed by atoms with Crippen molar-refractivity contribution < 1.29 is 4.79 Å². The largest absolute Gasteiger partial charge is 0.335 e. The smallest absolute Gasteiger partial charge is 0.235 e. The van der Waals surface area contributed by atoms with Crippen molar-refractivity contribution in [1.82, 2.24) is 9.88 Å². The van der Waals surface area contributed by atoms with Gasteiger partial charge in [0.25, 0.3) is 0 Å². The molecule has 0 radical (unpaired) electrons. The first-order valence-electron chi connectivity index (χ1n) is 9.65. The molecular weight excluding hydrogens is 368 g/mol. The Morgan fingerprint density at radius 3 is 2.11 bits per heavy atom. The molecule has 2 aromatic carbocycles. The molecule has 1 atom stereocenters. The molecule has 4 heteroatoms. The van der Waals surface area contributed by atoms with Crippen molar-refractivity contribution in [3.63, 3.8) is 0 Å². The zero-order valence-corrected chi connectivity index (χ0v) is 16.6. The Morgan fingerprint density at radius 1 is 0.893 bits per heavy atom. The lowest BCUT2D eigenvalue weighted by Gasteiger charge is -2.38. The number of carbonyl (C=O) groups is 1. The van der Waals surface area contributed by atoms with Crippen LogP contribution in [0.1, 0.15) is 47.9 Å². The lowest BCUT2D eigenvalue weighted by Crippen LogP contribution is -2.41. The number of amides is 1. The van der Waals surface area contributed by atoms with Crippen LogP contribution in [-0.4, -0.2) is 22.3 Å². The summed E-state index contributed by atoms with van der Waals surface area (Å²) in [5.41, 5.74) is 3.22. The highest BCUT2D eigenvalue weighted by Gasteiger charge is 2.34. The molecule has 3 nitrogen and oxygen atoms in total. The Hall–Kier alpha value is -2.65. The van der Waals surface area contributed by atoms with E-state index in [0.29, 0.717) is 0 Å². The molecule has 2 heterocycles. The number of hydrogen-bond acceptors (Lipinski definition) is 2. The van der Waals surface area contributed by atoms with E-state index in [0.717, 1.165) is 42.5 Å². The van der Waals surface area contributed by atoms with E-state index in [-0.39, 0.29) is 30.3 Å². The lowest BCUT2D eigenvalue weighted by atomic mass is 9.87. The minimum atomic E-state index is -0.273. The van der Waals surface area contributed by atoms with Gasteiger partial charge in [-0.25, -0.2) is 0 Å². The molecular formula is C24H25ClN2O. The molecule has 4 rings (SSSR count). The summed E-state index contributed by atoms with van der Waals surface area (Å²) in [6, 6.07) is 24.4. The van der Waals surface area contributed by atoms with Crippen molar-refractivity contribution in [2.45, 2.75) is 31.2 Å². The number of aromatic nitrogens is 1. The van der Waals surface area contributed by atoms with Gasteiger partial charge in [-0.2, -0.15) is 0 Å². The number of pyridine rings is 1. The van der Waals surface area contributed by atoms with E-state index in [9.17, 15) is 4.79 Å². The van der Waals surface area contributed by atoms with Gasteiger partial charge >= 0.3 is 0 Å². The Bertz CT molecular complexity index is 831. The molecule has 0 saturated carbocycles. The molecule has 0 aliphatic carbocycles. The summed E-state index contributed by atoms with van der Waals surface area (Å²) < 4.78 is 0. The summed E-state index contributed by atoms with van der Waals surface area (Å²) in [7, 11) is 0. The third-order valence-corrected chi connectivity index (χ3v) is 5.37. The van der Waals surface area contributed by atoms with Crippen molar-refractivity contribution in [3.05, 3.63) is 102 Å². The molecule has 0 spiro atoms. The monoisotopic (exact) mass is 392 g/mol. The van der Waals surface area contributed by atoms with E-state index < -0.39 is 0 Å². The number of rotatable bonds is 4. The zero-order valence-electron chi connectivity index (χ0n) is 15.8. The van der Waals surface area contributed by atoms with Crippen LogP contribution in [0.25, 0.3) is 0 Å². The van der Waals surface area contributed by atoms with Crippen LogP contribution in [0.15, 0.2) is 85.2 Å². The Kier molecular flexibility index (Phi) is 6.83. The van der Waals surface area contributed by atoms with Crippen LogP contribution in [0.2, 0.25) is 0 Å². The van der Waals surface area contributed by atoms with Crippen LogP contribution in [0.3, 0.4) is 0 Å². The number of halogens is 1. The number of hydrogen-bond donors (Lipinski definition) is 0. The van der Waals surface area contributed by atoms with E-state index in [1.807, 2.05) is 48.7 Å². The summed E-state index contributed by atoms with van der Waals surface area (Å²) in [6.45, 7) is 0.800.